The number of hydrogen-bond acceptors (Lipinski definition) is 1. The lowest BCUT2D eigenvalue weighted by molar-refractivity contribution is 0.579. The average molecular weight is 180 g/mol. The van der Waals surface area contributed by atoms with Crippen LogP contribution in [0.15, 0.2) is 18.3 Å². The predicted octanol–water partition coefficient (Wildman–Crippen LogP) is 3.04. The number of aromatic nitrogens is 2. The van der Waals surface area contributed by atoms with Crippen molar-refractivity contribution in [3.8, 4) is 0 Å². The summed E-state index contributed by atoms with van der Waals surface area (Å²) >= 11 is 0. The quantitative estimate of drug-likeness (QED) is 0.620. The number of nitrogens with one attached hydrogen (secondary N) is 1. The lowest BCUT2D eigenvalue weighted by Crippen LogP contribution is -1.87. The minimum atomic E-state index is -0.403. The Morgan fingerprint density at radius 2 is 2.08 bits per heavy atom. The predicted molar refractivity (Wildman–Crippen MR) is 52.1 cm³/mol. The molecule has 2 heterocycles. The summed E-state index contributed by atoms with van der Waals surface area (Å²) in [5, 5.41) is 0.948. The molecule has 0 spiro atoms. The Bertz CT molecular complexity index is 357. The SMILES string of the molecule is CC.Cc1cc2cc[nH]c2nc1F. The first kappa shape index (κ1) is 9.71. The molecular formula is C10H13FN2. The van der Waals surface area contributed by atoms with E-state index in [-0.39, 0.29) is 0 Å². The van der Waals surface area contributed by atoms with E-state index < -0.39 is 5.95 Å². The lowest BCUT2D eigenvalue weighted by Gasteiger charge is -1.93. The van der Waals surface area contributed by atoms with Gasteiger partial charge in [-0.05, 0) is 19.1 Å². The number of pyridine rings is 1. The summed E-state index contributed by atoms with van der Waals surface area (Å²) in [5.74, 6) is -0.403. The third-order valence-electron chi connectivity index (χ3n) is 1.66. The average Bonchev–Trinajstić information content (AvgIpc) is 2.56. The summed E-state index contributed by atoms with van der Waals surface area (Å²) in [6.07, 6.45) is 1.75. The number of aryl methyl sites for hydroxylation is 1. The molecule has 2 rings (SSSR count). The van der Waals surface area contributed by atoms with Crippen molar-refractivity contribution in [2.75, 3.05) is 0 Å². The smallest absolute Gasteiger partial charge is 0.217 e. The number of nitrogens with zero attached hydrogens (tertiary/aromatic N) is 1. The fraction of sp³-hybridized carbons (Fsp3) is 0.300. The van der Waals surface area contributed by atoms with Crippen molar-refractivity contribution in [2.24, 2.45) is 0 Å². The number of aromatic amines is 1. The molecule has 0 aromatic carbocycles. The van der Waals surface area contributed by atoms with Crippen LogP contribution in [0.3, 0.4) is 0 Å². The van der Waals surface area contributed by atoms with E-state index in [2.05, 4.69) is 9.97 Å². The van der Waals surface area contributed by atoms with Crippen molar-refractivity contribution in [3.63, 3.8) is 0 Å². The second-order valence-corrected chi connectivity index (χ2v) is 2.51. The normalized spacial score (nSPS) is 9.54. The molecule has 0 radical (unpaired) electrons. The summed E-state index contributed by atoms with van der Waals surface area (Å²) in [4.78, 5) is 6.55. The minimum Gasteiger partial charge on any atom is -0.346 e. The topological polar surface area (TPSA) is 28.7 Å². The van der Waals surface area contributed by atoms with Gasteiger partial charge in [0.15, 0.2) is 0 Å². The molecule has 0 unspecified atom stereocenters. The highest BCUT2D eigenvalue weighted by molar-refractivity contribution is 5.75. The fourth-order valence-corrected chi connectivity index (χ4v) is 1.07. The summed E-state index contributed by atoms with van der Waals surface area (Å²) in [6, 6.07) is 3.64. The van der Waals surface area contributed by atoms with Crippen LogP contribution in [0.1, 0.15) is 19.4 Å². The molecular weight excluding hydrogens is 167 g/mol. The Kier molecular flexibility index (Phi) is 3.01. The van der Waals surface area contributed by atoms with Gasteiger partial charge in [0.25, 0.3) is 0 Å². The van der Waals surface area contributed by atoms with Crippen LogP contribution in [0.2, 0.25) is 0 Å². The molecule has 2 aromatic heterocycles. The van der Waals surface area contributed by atoms with Crippen molar-refractivity contribution in [3.05, 3.63) is 29.8 Å². The van der Waals surface area contributed by atoms with Gasteiger partial charge in [-0.3, -0.25) is 0 Å². The Balaban J connectivity index is 0.000000396. The van der Waals surface area contributed by atoms with Crippen molar-refractivity contribution >= 4 is 11.0 Å². The Morgan fingerprint density at radius 1 is 1.38 bits per heavy atom. The van der Waals surface area contributed by atoms with Gasteiger partial charge in [0.05, 0.1) is 0 Å². The molecule has 0 amide bonds. The number of halogens is 1. The second-order valence-electron chi connectivity index (χ2n) is 2.51. The van der Waals surface area contributed by atoms with E-state index in [4.69, 9.17) is 0 Å². The Labute approximate surface area is 76.8 Å². The van der Waals surface area contributed by atoms with Gasteiger partial charge < -0.3 is 4.98 Å². The van der Waals surface area contributed by atoms with Crippen LogP contribution in [0.5, 0.6) is 0 Å². The van der Waals surface area contributed by atoms with Gasteiger partial charge in [0, 0.05) is 17.1 Å². The Morgan fingerprint density at radius 3 is 2.77 bits per heavy atom. The van der Waals surface area contributed by atoms with Crippen LogP contribution >= 0.6 is 0 Å². The third-order valence-corrected chi connectivity index (χ3v) is 1.66. The molecule has 2 aromatic rings. The van der Waals surface area contributed by atoms with E-state index in [0.717, 1.165) is 5.39 Å². The maximum atomic E-state index is 12.8. The van der Waals surface area contributed by atoms with Crippen molar-refractivity contribution in [1.29, 1.82) is 0 Å². The number of fused-ring (bicyclic) bond motifs is 1. The van der Waals surface area contributed by atoms with E-state index in [0.29, 0.717) is 11.2 Å². The largest absolute Gasteiger partial charge is 0.346 e. The van der Waals surface area contributed by atoms with Crippen LogP contribution in [0, 0.1) is 12.9 Å². The van der Waals surface area contributed by atoms with E-state index in [9.17, 15) is 4.39 Å². The lowest BCUT2D eigenvalue weighted by atomic mass is 10.2. The Hall–Kier alpha value is -1.38. The first-order valence-corrected chi connectivity index (χ1v) is 4.37. The molecule has 0 fully saturated rings. The molecule has 0 saturated carbocycles. The van der Waals surface area contributed by atoms with Gasteiger partial charge in [-0.25, -0.2) is 4.98 Å². The summed E-state index contributed by atoms with van der Waals surface area (Å²) in [6.45, 7) is 5.70. The zero-order chi connectivity index (χ0) is 9.84. The zero-order valence-electron chi connectivity index (χ0n) is 8.06. The summed E-state index contributed by atoms with van der Waals surface area (Å²) < 4.78 is 12.8. The highest BCUT2D eigenvalue weighted by Crippen LogP contribution is 2.12. The van der Waals surface area contributed by atoms with Gasteiger partial charge in [-0.1, -0.05) is 13.8 Å². The van der Waals surface area contributed by atoms with Crippen molar-refractivity contribution in [1.82, 2.24) is 9.97 Å². The van der Waals surface area contributed by atoms with Gasteiger partial charge >= 0.3 is 0 Å². The molecule has 0 atom stereocenters. The van der Waals surface area contributed by atoms with Gasteiger partial charge in [-0.15, -0.1) is 0 Å². The standard InChI is InChI=1S/C8H7FN2.C2H6/c1-5-4-6-2-3-10-8(6)11-7(5)9;1-2/h2-4H,1H3,(H,10,11);1-2H3. The molecule has 0 saturated heterocycles. The van der Waals surface area contributed by atoms with E-state index in [1.165, 1.54) is 0 Å². The highest BCUT2D eigenvalue weighted by Gasteiger charge is 2.01. The number of rotatable bonds is 0. The van der Waals surface area contributed by atoms with Crippen LogP contribution < -0.4 is 0 Å². The van der Waals surface area contributed by atoms with E-state index >= 15 is 0 Å². The maximum Gasteiger partial charge on any atom is 0.217 e. The van der Waals surface area contributed by atoms with Crippen LogP contribution in [0.4, 0.5) is 4.39 Å². The van der Waals surface area contributed by atoms with Crippen molar-refractivity contribution < 1.29 is 4.39 Å². The monoisotopic (exact) mass is 180 g/mol. The van der Waals surface area contributed by atoms with Crippen LogP contribution in [-0.4, -0.2) is 9.97 Å². The van der Waals surface area contributed by atoms with Crippen LogP contribution in [-0.2, 0) is 0 Å². The second kappa shape index (κ2) is 4.03. The van der Waals surface area contributed by atoms with E-state index in [1.54, 1.807) is 19.2 Å². The third kappa shape index (κ3) is 1.86. The van der Waals surface area contributed by atoms with Gasteiger partial charge in [0.1, 0.15) is 5.65 Å². The van der Waals surface area contributed by atoms with Gasteiger partial charge in [-0.2, -0.15) is 4.39 Å². The minimum absolute atomic E-state index is 0.403. The summed E-state index contributed by atoms with van der Waals surface area (Å²) in [5.41, 5.74) is 1.19. The zero-order valence-corrected chi connectivity index (χ0v) is 8.06. The molecule has 2 nitrogen and oxygen atoms in total. The molecule has 70 valence electrons. The number of hydrogen-bond donors (Lipinski definition) is 1. The van der Waals surface area contributed by atoms with Crippen molar-refractivity contribution in [2.45, 2.75) is 20.8 Å². The van der Waals surface area contributed by atoms with Gasteiger partial charge in [0.2, 0.25) is 5.95 Å². The van der Waals surface area contributed by atoms with E-state index in [1.807, 2.05) is 19.9 Å². The first-order chi connectivity index (χ1) is 6.27. The van der Waals surface area contributed by atoms with Crippen LogP contribution in [0.25, 0.3) is 11.0 Å². The molecule has 0 aliphatic heterocycles. The molecule has 0 bridgehead atoms. The first-order valence-electron chi connectivity index (χ1n) is 4.37. The molecule has 0 aliphatic carbocycles. The molecule has 3 heteroatoms. The molecule has 0 aliphatic rings. The molecule has 13 heavy (non-hydrogen) atoms. The summed E-state index contributed by atoms with van der Waals surface area (Å²) in [7, 11) is 0. The fourth-order valence-electron chi connectivity index (χ4n) is 1.07. The maximum absolute atomic E-state index is 12.8. The number of H-pyrrole nitrogens is 1. The highest BCUT2D eigenvalue weighted by atomic mass is 19.1. The molecule has 1 N–H and O–H groups in total.